The maximum Gasteiger partial charge on any atom is 0.0734 e. The third-order valence-corrected chi connectivity index (χ3v) is 4.43. The van der Waals surface area contributed by atoms with Crippen LogP contribution in [0.25, 0.3) is 10.9 Å². The Balaban J connectivity index is 1.61. The number of nitrogens with zero attached hydrogens (tertiary/aromatic N) is 3. The lowest BCUT2D eigenvalue weighted by Gasteiger charge is -2.08. The van der Waals surface area contributed by atoms with Gasteiger partial charge in [-0.2, -0.15) is 5.10 Å². The molecule has 3 rings (SSSR count). The van der Waals surface area contributed by atoms with E-state index in [9.17, 15) is 0 Å². The number of hydrogen-bond acceptors (Lipinski definition) is 4. The van der Waals surface area contributed by atoms with Crippen LogP contribution in [0.1, 0.15) is 22.5 Å². The van der Waals surface area contributed by atoms with E-state index in [1.165, 1.54) is 16.5 Å². The van der Waals surface area contributed by atoms with Gasteiger partial charge in [0.1, 0.15) is 0 Å². The van der Waals surface area contributed by atoms with Crippen LogP contribution in [0.3, 0.4) is 0 Å². The molecule has 0 radical (unpaired) electrons. The summed E-state index contributed by atoms with van der Waals surface area (Å²) in [5.41, 5.74) is 5.73. The van der Waals surface area contributed by atoms with E-state index in [2.05, 4.69) is 46.6 Å². The van der Waals surface area contributed by atoms with Crippen LogP contribution in [0.5, 0.6) is 0 Å². The van der Waals surface area contributed by atoms with Gasteiger partial charge in [0.15, 0.2) is 0 Å². The molecule has 126 valence electrons. The lowest BCUT2D eigenvalue weighted by molar-refractivity contribution is 0.267. The molecule has 1 aromatic carbocycles. The highest BCUT2D eigenvalue weighted by Crippen LogP contribution is 2.16. The molecule has 0 saturated carbocycles. The number of benzene rings is 1. The van der Waals surface area contributed by atoms with Crippen LogP contribution in [-0.2, 0) is 19.5 Å². The first-order valence-electron chi connectivity index (χ1n) is 8.38. The smallest absolute Gasteiger partial charge is 0.0734 e. The van der Waals surface area contributed by atoms with Crippen molar-refractivity contribution in [2.75, 3.05) is 13.2 Å². The largest absolute Gasteiger partial charge is 0.394 e. The third kappa shape index (κ3) is 3.47. The first-order valence-corrected chi connectivity index (χ1v) is 8.38. The lowest BCUT2D eigenvalue weighted by Crippen LogP contribution is -2.18. The number of pyridine rings is 1. The van der Waals surface area contributed by atoms with Crippen LogP contribution >= 0.6 is 0 Å². The van der Waals surface area contributed by atoms with Crippen molar-refractivity contribution in [3.63, 3.8) is 0 Å². The van der Waals surface area contributed by atoms with Gasteiger partial charge in [-0.3, -0.25) is 9.67 Å². The van der Waals surface area contributed by atoms with Gasteiger partial charge in [0.2, 0.25) is 0 Å². The lowest BCUT2D eigenvalue weighted by atomic mass is 10.1. The Labute approximate surface area is 142 Å². The van der Waals surface area contributed by atoms with Gasteiger partial charge in [0.05, 0.1) is 24.4 Å². The Bertz CT molecular complexity index is 820. The fraction of sp³-hybridized carbons (Fsp3) is 0.368. The summed E-state index contributed by atoms with van der Waals surface area (Å²) in [6, 6.07) is 10.4. The summed E-state index contributed by atoms with van der Waals surface area (Å²) in [4.78, 5) is 4.51. The average Bonchev–Trinajstić information content (AvgIpc) is 2.86. The van der Waals surface area contributed by atoms with Crippen molar-refractivity contribution in [2.45, 2.75) is 33.4 Å². The van der Waals surface area contributed by atoms with Crippen LogP contribution in [0, 0.1) is 13.8 Å². The van der Waals surface area contributed by atoms with Crippen LogP contribution in [0.2, 0.25) is 0 Å². The van der Waals surface area contributed by atoms with E-state index in [0.29, 0.717) is 6.54 Å². The number of aliphatic hydroxyl groups is 1. The molecule has 0 unspecified atom stereocenters. The molecular weight excluding hydrogens is 300 g/mol. The minimum absolute atomic E-state index is 0.114. The highest BCUT2D eigenvalue weighted by atomic mass is 16.3. The van der Waals surface area contributed by atoms with Crippen molar-refractivity contribution in [3.8, 4) is 0 Å². The Morgan fingerprint density at radius 3 is 2.83 bits per heavy atom. The van der Waals surface area contributed by atoms with E-state index in [1.54, 1.807) is 0 Å². The minimum Gasteiger partial charge on any atom is -0.394 e. The Hall–Kier alpha value is -2.24. The minimum atomic E-state index is 0.114. The van der Waals surface area contributed by atoms with E-state index >= 15 is 0 Å². The summed E-state index contributed by atoms with van der Waals surface area (Å²) in [6.07, 6.45) is 2.79. The zero-order valence-electron chi connectivity index (χ0n) is 14.3. The molecule has 24 heavy (non-hydrogen) atoms. The van der Waals surface area contributed by atoms with E-state index in [1.807, 2.05) is 23.9 Å². The number of aliphatic hydroxyl groups excluding tert-OH is 1. The van der Waals surface area contributed by atoms with Crippen LogP contribution in [-0.4, -0.2) is 33.0 Å². The number of para-hydroxylation sites is 1. The third-order valence-electron chi connectivity index (χ3n) is 4.43. The van der Waals surface area contributed by atoms with E-state index in [4.69, 9.17) is 5.11 Å². The number of nitrogens with one attached hydrogen (secondary N) is 1. The zero-order chi connectivity index (χ0) is 16.9. The zero-order valence-corrected chi connectivity index (χ0v) is 14.3. The molecule has 0 fully saturated rings. The maximum atomic E-state index is 9.09. The summed E-state index contributed by atoms with van der Waals surface area (Å²) in [7, 11) is 0. The molecule has 0 aliphatic heterocycles. The fourth-order valence-corrected chi connectivity index (χ4v) is 3.11. The van der Waals surface area contributed by atoms with E-state index in [0.717, 1.165) is 36.4 Å². The molecule has 2 N–H and O–H groups in total. The average molecular weight is 324 g/mol. The van der Waals surface area contributed by atoms with Gasteiger partial charge in [-0.15, -0.1) is 0 Å². The molecule has 3 aromatic rings. The standard InChI is InChI=1S/C19H24N4O/c1-14-18(15(2)23(22-14)11-12-24)13-20-10-8-17-6-3-5-16-7-4-9-21-19(16)17/h3-7,9,20,24H,8,10-13H2,1-2H3. The predicted molar refractivity (Wildman–Crippen MR) is 95.9 cm³/mol. The number of fused-ring (bicyclic) bond motifs is 1. The second-order valence-electron chi connectivity index (χ2n) is 6.02. The van der Waals surface area contributed by atoms with Crippen molar-refractivity contribution in [2.24, 2.45) is 0 Å². The molecule has 0 amide bonds. The van der Waals surface area contributed by atoms with Gasteiger partial charge in [0, 0.05) is 29.4 Å². The predicted octanol–water partition coefficient (Wildman–Crippen LogP) is 2.37. The van der Waals surface area contributed by atoms with E-state index in [-0.39, 0.29) is 6.61 Å². The molecule has 2 heterocycles. The summed E-state index contributed by atoms with van der Waals surface area (Å²) < 4.78 is 1.88. The highest BCUT2D eigenvalue weighted by Gasteiger charge is 2.10. The van der Waals surface area contributed by atoms with E-state index < -0.39 is 0 Å². The molecule has 5 nitrogen and oxygen atoms in total. The second kappa shape index (κ2) is 7.55. The maximum absolute atomic E-state index is 9.09. The van der Waals surface area contributed by atoms with Gasteiger partial charge >= 0.3 is 0 Å². The molecule has 0 spiro atoms. The summed E-state index contributed by atoms with van der Waals surface area (Å²) >= 11 is 0. The van der Waals surface area contributed by atoms with Crippen LogP contribution in [0.4, 0.5) is 0 Å². The van der Waals surface area contributed by atoms with Gasteiger partial charge in [-0.1, -0.05) is 24.3 Å². The fourth-order valence-electron chi connectivity index (χ4n) is 3.11. The SMILES string of the molecule is Cc1nn(CCO)c(C)c1CNCCc1cccc2cccnc12. The molecule has 0 saturated heterocycles. The monoisotopic (exact) mass is 324 g/mol. The molecule has 2 aromatic heterocycles. The van der Waals surface area contributed by atoms with Crippen molar-refractivity contribution < 1.29 is 5.11 Å². The number of aromatic nitrogens is 3. The first-order chi connectivity index (χ1) is 11.7. The molecular formula is C19H24N4O. The Morgan fingerprint density at radius 1 is 1.17 bits per heavy atom. The first kappa shape index (κ1) is 16.6. The number of aryl methyl sites for hydroxylation is 1. The van der Waals surface area contributed by atoms with Crippen LogP contribution < -0.4 is 5.32 Å². The molecule has 5 heteroatoms. The molecule has 0 aliphatic carbocycles. The van der Waals surface area contributed by atoms with Gasteiger partial charge in [-0.05, 0) is 38.4 Å². The number of hydrogen-bond donors (Lipinski definition) is 2. The molecule has 0 atom stereocenters. The molecule has 0 aliphatic rings. The van der Waals surface area contributed by atoms with Crippen LogP contribution in [0.15, 0.2) is 36.5 Å². The number of rotatable bonds is 7. The quantitative estimate of drug-likeness (QED) is 0.655. The topological polar surface area (TPSA) is 63.0 Å². The van der Waals surface area contributed by atoms with Crippen molar-refractivity contribution >= 4 is 10.9 Å². The summed E-state index contributed by atoms with van der Waals surface area (Å²) in [6.45, 7) is 6.42. The van der Waals surface area contributed by atoms with Gasteiger partial charge in [-0.25, -0.2) is 0 Å². The van der Waals surface area contributed by atoms with Crippen molar-refractivity contribution in [1.82, 2.24) is 20.1 Å². The van der Waals surface area contributed by atoms with Gasteiger partial charge < -0.3 is 10.4 Å². The summed E-state index contributed by atoms with van der Waals surface area (Å²) in [5.74, 6) is 0. The normalized spacial score (nSPS) is 11.3. The van der Waals surface area contributed by atoms with Gasteiger partial charge in [0.25, 0.3) is 0 Å². The highest BCUT2D eigenvalue weighted by molar-refractivity contribution is 5.81. The Morgan fingerprint density at radius 2 is 2.00 bits per heavy atom. The molecule has 0 bridgehead atoms. The second-order valence-corrected chi connectivity index (χ2v) is 6.02. The Kier molecular flexibility index (Phi) is 5.23. The summed E-state index contributed by atoms with van der Waals surface area (Å²) in [5, 5.41) is 18.3. The van der Waals surface area contributed by atoms with Crippen molar-refractivity contribution in [3.05, 3.63) is 59.0 Å². The van der Waals surface area contributed by atoms with Crippen molar-refractivity contribution in [1.29, 1.82) is 0 Å².